The van der Waals surface area contributed by atoms with Crippen molar-refractivity contribution < 1.29 is 14.7 Å². The van der Waals surface area contributed by atoms with Crippen LogP contribution in [0.4, 0.5) is 10.5 Å². The number of hydrogen-bond acceptors (Lipinski definition) is 2. The van der Waals surface area contributed by atoms with Crippen LogP contribution in [0.25, 0.3) is 0 Å². The number of likely N-dealkylation sites (tertiary alicyclic amines) is 1. The third-order valence-electron chi connectivity index (χ3n) is 3.91. The minimum atomic E-state index is -0.930. The van der Waals surface area contributed by atoms with Crippen LogP contribution < -0.4 is 4.90 Å². The highest BCUT2D eigenvalue weighted by atomic mass is 16.4. The van der Waals surface area contributed by atoms with E-state index in [4.69, 9.17) is 0 Å². The van der Waals surface area contributed by atoms with Gasteiger partial charge >= 0.3 is 12.0 Å². The van der Waals surface area contributed by atoms with Gasteiger partial charge < -0.3 is 10.0 Å². The molecule has 108 valence electrons. The lowest BCUT2D eigenvalue weighted by molar-refractivity contribution is -0.142. The van der Waals surface area contributed by atoms with Crippen molar-refractivity contribution in [3.05, 3.63) is 29.8 Å². The van der Waals surface area contributed by atoms with E-state index < -0.39 is 12.0 Å². The number of anilines is 1. The van der Waals surface area contributed by atoms with Gasteiger partial charge in [0, 0.05) is 19.3 Å². The maximum Gasteiger partial charge on any atom is 0.326 e. The first-order chi connectivity index (χ1) is 9.41. The Morgan fingerprint density at radius 2 is 1.90 bits per heavy atom. The van der Waals surface area contributed by atoms with Gasteiger partial charge in [-0.05, 0) is 31.4 Å². The van der Waals surface area contributed by atoms with E-state index in [1.807, 2.05) is 38.1 Å². The van der Waals surface area contributed by atoms with Crippen molar-refractivity contribution in [3.8, 4) is 0 Å². The second-order valence-corrected chi connectivity index (χ2v) is 5.42. The molecule has 0 spiro atoms. The molecule has 0 aliphatic carbocycles. The number of aliphatic carboxylic acids is 1. The summed E-state index contributed by atoms with van der Waals surface area (Å²) in [4.78, 5) is 26.8. The number of nitrogens with zero attached hydrogens (tertiary/aromatic N) is 2. The molecule has 1 heterocycles. The molecule has 5 heteroatoms. The van der Waals surface area contributed by atoms with Crippen LogP contribution in [0.5, 0.6) is 0 Å². The lowest BCUT2D eigenvalue weighted by Crippen LogP contribution is -2.48. The van der Waals surface area contributed by atoms with Crippen LogP contribution in [-0.2, 0) is 4.79 Å². The number of amides is 2. The Bertz CT molecular complexity index is 512. The summed E-state index contributed by atoms with van der Waals surface area (Å²) in [7, 11) is 1.68. The fraction of sp³-hybridized carbons (Fsp3) is 0.467. The number of carbonyl (C=O) groups is 2. The Labute approximate surface area is 118 Å². The highest BCUT2D eigenvalue weighted by Gasteiger charge is 2.40. The highest BCUT2D eigenvalue weighted by Crippen LogP contribution is 2.26. The molecule has 1 aromatic carbocycles. The Balaban J connectivity index is 2.18. The predicted octanol–water partition coefficient (Wildman–Crippen LogP) is 2.35. The van der Waals surface area contributed by atoms with Crippen LogP contribution in [0.3, 0.4) is 0 Å². The van der Waals surface area contributed by atoms with Gasteiger partial charge in [-0.2, -0.15) is 0 Å². The third kappa shape index (κ3) is 2.61. The zero-order valence-electron chi connectivity index (χ0n) is 12.0. The first-order valence-electron chi connectivity index (χ1n) is 6.75. The summed E-state index contributed by atoms with van der Waals surface area (Å²) in [6.07, 6.45) is 0.727. The second kappa shape index (κ2) is 5.53. The molecule has 1 aromatic rings. The Hall–Kier alpha value is -2.04. The van der Waals surface area contributed by atoms with Crippen molar-refractivity contribution >= 4 is 17.7 Å². The number of carboxylic acid groups (broad SMARTS) is 1. The summed E-state index contributed by atoms with van der Waals surface area (Å²) in [6, 6.07) is 6.60. The van der Waals surface area contributed by atoms with Gasteiger partial charge in [-0.1, -0.05) is 24.6 Å². The van der Waals surface area contributed by atoms with Crippen LogP contribution >= 0.6 is 0 Å². The van der Waals surface area contributed by atoms with Gasteiger partial charge in [-0.25, -0.2) is 9.59 Å². The van der Waals surface area contributed by atoms with Crippen molar-refractivity contribution in [2.45, 2.75) is 26.3 Å². The number of benzene rings is 1. The second-order valence-electron chi connectivity index (χ2n) is 5.42. The number of urea groups is 1. The van der Waals surface area contributed by atoms with E-state index in [1.54, 1.807) is 7.05 Å². The van der Waals surface area contributed by atoms with E-state index in [0.717, 1.165) is 17.7 Å². The molecule has 2 amide bonds. The number of rotatable bonds is 2. The van der Waals surface area contributed by atoms with Gasteiger partial charge in [-0.15, -0.1) is 0 Å². The zero-order valence-corrected chi connectivity index (χ0v) is 12.0. The van der Waals surface area contributed by atoms with Gasteiger partial charge in [0.25, 0.3) is 0 Å². The lowest BCUT2D eigenvalue weighted by atomic mass is 10.0. The molecular formula is C15H20N2O3. The van der Waals surface area contributed by atoms with Crippen molar-refractivity contribution in [2.75, 3.05) is 18.5 Å². The van der Waals surface area contributed by atoms with Gasteiger partial charge in [0.1, 0.15) is 6.04 Å². The molecule has 2 unspecified atom stereocenters. The Morgan fingerprint density at radius 3 is 2.45 bits per heavy atom. The topological polar surface area (TPSA) is 60.9 Å². The summed E-state index contributed by atoms with van der Waals surface area (Å²) in [5.74, 6) is -0.941. The summed E-state index contributed by atoms with van der Waals surface area (Å²) >= 11 is 0. The number of aryl methyl sites for hydroxylation is 1. The normalized spacial score (nSPS) is 21.9. The molecule has 0 radical (unpaired) electrons. The number of carboxylic acids is 1. The van der Waals surface area contributed by atoms with E-state index in [1.165, 1.54) is 9.80 Å². The van der Waals surface area contributed by atoms with Gasteiger partial charge in [-0.3, -0.25) is 4.90 Å². The third-order valence-corrected chi connectivity index (χ3v) is 3.91. The largest absolute Gasteiger partial charge is 0.480 e. The van der Waals surface area contributed by atoms with Crippen molar-refractivity contribution in [3.63, 3.8) is 0 Å². The van der Waals surface area contributed by atoms with Gasteiger partial charge in [0.2, 0.25) is 0 Å². The molecule has 0 saturated carbocycles. The molecule has 20 heavy (non-hydrogen) atoms. The fourth-order valence-corrected chi connectivity index (χ4v) is 2.61. The Morgan fingerprint density at radius 1 is 1.30 bits per heavy atom. The van der Waals surface area contributed by atoms with Crippen molar-refractivity contribution in [1.82, 2.24) is 4.90 Å². The minimum absolute atomic E-state index is 0.0112. The van der Waals surface area contributed by atoms with Crippen LogP contribution in [0.2, 0.25) is 0 Å². The first kappa shape index (κ1) is 14.4. The zero-order chi connectivity index (χ0) is 14.9. The summed E-state index contributed by atoms with van der Waals surface area (Å²) in [6.45, 7) is 4.35. The standard InChI is InChI=1S/C15H20N2O3/c1-10-4-6-12(7-5-10)16(3)15(20)17-9-8-11(2)13(17)14(18)19/h4-7,11,13H,8-9H2,1-3H3,(H,18,19). The Kier molecular flexibility index (Phi) is 3.97. The van der Waals surface area contributed by atoms with Crippen LogP contribution in [0.1, 0.15) is 18.9 Å². The summed E-state index contributed by atoms with van der Waals surface area (Å²) < 4.78 is 0. The average Bonchev–Trinajstić information content (AvgIpc) is 2.80. The van der Waals surface area contributed by atoms with Crippen molar-refractivity contribution in [1.29, 1.82) is 0 Å². The maximum absolute atomic E-state index is 12.5. The molecule has 1 aliphatic rings. The molecular weight excluding hydrogens is 256 g/mol. The minimum Gasteiger partial charge on any atom is -0.480 e. The molecule has 1 N–H and O–H groups in total. The molecule has 0 bridgehead atoms. The maximum atomic E-state index is 12.5. The first-order valence-corrected chi connectivity index (χ1v) is 6.75. The van der Waals surface area contributed by atoms with E-state index in [0.29, 0.717) is 6.54 Å². The molecule has 1 saturated heterocycles. The van der Waals surface area contributed by atoms with Crippen LogP contribution in [-0.4, -0.2) is 41.6 Å². The molecule has 5 nitrogen and oxygen atoms in total. The summed E-state index contributed by atoms with van der Waals surface area (Å²) in [5.41, 5.74) is 1.89. The SMILES string of the molecule is Cc1ccc(N(C)C(=O)N2CCC(C)C2C(=O)O)cc1. The fourth-order valence-electron chi connectivity index (χ4n) is 2.61. The molecule has 1 fully saturated rings. The summed E-state index contributed by atoms with van der Waals surface area (Å²) in [5, 5.41) is 9.28. The van der Waals surface area contributed by atoms with Crippen LogP contribution in [0.15, 0.2) is 24.3 Å². The molecule has 0 aromatic heterocycles. The number of carbonyl (C=O) groups excluding carboxylic acids is 1. The van der Waals surface area contributed by atoms with E-state index in [-0.39, 0.29) is 11.9 Å². The van der Waals surface area contributed by atoms with E-state index in [2.05, 4.69) is 0 Å². The highest BCUT2D eigenvalue weighted by molar-refractivity contribution is 5.94. The molecule has 2 atom stereocenters. The molecule has 2 rings (SSSR count). The molecule has 1 aliphatic heterocycles. The van der Waals surface area contributed by atoms with Crippen molar-refractivity contribution in [2.24, 2.45) is 5.92 Å². The smallest absolute Gasteiger partial charge is 0.326 e. The van der Waals surface area contributed by atoms with Crippen LogP contribution in [0, 0.1) is 12.8 Å². The predicted molar refractivity (Wildman–Crippen MR) is 76.9 cm³/mol. The quantitative estimate of drug-likeness (QED) is 0.902. The van der Waals surface area contributed by atoms with Gasteiger partial charge in [0.15, 0.2) is 0 Å². The monoisotopic (exact) mass is 276 g/mol. The lowest BCUT2D eigenvalue weighted by Gasteiger charge is -2.28. The van der Waals surface area contributed by atoms with E-state index in [9.17, 15) is 14.7 Å². The average molecular weight is 276 g/mol. The van der Waals surface area contributed by atoms with E-state index >= 15 is 0 Å². The number of hydrogen-bond donors (Lipinski definition) is 1. The van der Waals surface area contributed by atoms with Gasteiger partial charge in [0.05, 0.1) is 0 Å².